The molecule has 1 atom stereocenters. The summed E-state index contributed by atoms with van der Waals surface area (Å²) in [7, 11) is 0. The van der Waals surface area contributed by atoms with Crippen LogP contribution in [0.4, 0.5) is 0 Å². The molecular weight excluding hydrogens is 222 g/mol. The zero-order chi connectivity index (χ0) is 12.0. The minimum atomic E-state index is -0.0899. The maximum absolute atomic E-state index is 11.7. The number of phenolic OH excluding ortho intramolecular Hbond substituents is 1. The number of thioether (sulfide) groups is 1. The minimum absolute atomic E-state index is 0.0899. The molecule has 3 nitrogen and oxygen atoms in total. The van der Waals surface area contributed by atoms with Crippen molar-refractivity contribution in [2.45, 2.75) is 6.92 Å². The van der Waals surface area contributed by atoms with Gasteiger partial charge in [0.2, 0.25) is 0 Å². The van der Waals surface area contributed by atoms with Crippen LogP contribution in [-0.4, -0.2) is 29.6 Å². The predicted molar refractivity (Wildman–Crippen MR) is 68.0 cm³/mol. The number of carbonyl (C=O) groups excluding carboxylic acids is 1. The van der Waals surface area contributed by atoms with Crippen LogP contribution in [-0.2, 0) is 0 Å². The van der Waals surface area contributed by atoms with Gasteiger partial charge in [-0.1, -0.05) is 6.92 Å². The van der Waals surface area contributed by atoms with E-state index in [-0.39, 0.29) is 11.7 Å². The Bertz CT molecular complexity index is 337. The molecule has 0 aromatic heterocycles. The van der Waals surface area contributed by atoms with Gasteiger partial charge in [0.1, 0.15) is 5.75 Å². The molecule has 4 heteroatoms. The quantitative estimate of drug-likeness (QED) is 0.827. The predicted octanol–water partition coefficient (Wildman–Crippen LogP) is 2.12. The third kappa shape index (κ3) is 4.14. The van der Waals surface area contributed by atoms with Crippen LogP contribution in [0.5, 0.6) is 5.75 Å². The average Bonchev–Trinajstić information content (AvgIpc) is 2.27. The third-order valence-electron chi connectivity index (χ3n) is 2.19. The molecule has 0 spiro atoms. The van der Waals surface area contributed by atoms with Crippen molar-refractivity contribution in [3.8, 4) is 5.75 Å². The fourth-order valence-corrected chi connectivity index (χ4v) is 2.01. The van der Waals surface area contributed by atoms with Crippen molar-refractivity contribution in [2.24, 2.45) is 5.92 Å². The maximum atomic E-state index is 11.7. The van der Waals surface area contributed by atoms with Gasteiger partial charge in [-0.25, -0.2) is 0 Å². The van der Waals surface area contributed by atoms with Crippen LogP contribution in [0.15, 0.2) is 24.3 Å². The Kier molecular flexibility index (Phi) is 5.19. The number of phenols is 1. The smallest absolute Gasteiger partial charge is 0.251 e. The number of carbonyl (C=O) groups is 1. The second-order valence-corrected chi connectivity index (χ2v) is 4.73. The van der Waals surface area contributed by atoms with E-state index in [2.05, 4.69) is 18.5 Å². The van der Waals surface area contributed by atoms with Gasteiger partial charge in [-0.05, 0) is 42.2 Å². The van der Waals surface area contributed by atoms with Crippen LogP contribution in [0.2, 0.25) is 0 Å². The number of hydrogen-bond donors (Lipinski definition) is 2. The summed E-state index contributed by atoms with van der Waals surface area (Å²) in [5.74, 6) is 1.59. The summed E-state index contributed by atoms with van der Waals surface area (Å²) in [6, 6.07) is 6.26. The molecule has 0 fully saturated rings. The lowest BCUT2D eigenvalue weighted by molar-refractivity contribution is 0.0949. The zero-order valence-electron chi connectivity index (χ0n) is 9.56. The first-order valence-electron chi connectivity index (χ1n) is 5.19. The minimum Gasteiger partial charge on any atom is -0.508 e. The first-order valence-corrected chi connectivity index (χ1v) is 6.59. The molecule has 0 aliphatic carbocycles. The fourth-order valence-electron chi connectivity index (χ4n) is 1.33. The first-order chi connectivity index (χ1) is 7.63. The molecule has 88 valence electrons. The van der Waals surface area contributed by atoms with E-state index in [0.29, 0.717) is 18.0 Å². The van der Waals surface area contributed by atoms with Crippen molar-refractivity contribution < 1.29 is 9.90 Å². The molecule has 1 unspecified atom stereocenters. The van der Waals surface area contributed by atoms with E-state index in [0.717, 1.165) is 5.75 Å². The molecule has 1 aromatic rings. The molecule has 0 aliphatic heterocycles. The molecule has 0 radical (unpaired) electrons. The number of aromatic hydroxyl groups is 1. The van der Waals surface area contributed by atoms with Crippen molar-refractivity contribution in [3.05, 3.63) is 29.8 Å². The van der Waals surface area contributed by atoms with Crippen LogP contribution in [0.25, 0.3) is 0 Å². The van der Waals surface area contributed by atoms with E-state index >= 15 is 0 Å². The highest BCUT2D eigenvalue weighted by molar-refractivity contribution is 7.98. The van der Waals surface area contributed by atoms with E-state index in [9.17, 15) is 4.79 Å². The van der Waals surface area contributed by atoms with Crippen LogP contribution < -0.4 is 5.32 Å². The standard InChI is InChI=1S/C12H17NO2S/c1-9(8-16-2)7-13-12(15)10-3-5-11(14)6-4-10/h3-6,9,14H,7-8H2,1-2H3,(H,13,15). The molecule has 0 heterocycles. The monoisotopic (exact) mass is 239 g/mol. The number of rotatable bonds is 5. The van der Waals surface area contributed by atoms with Gasteiger partial charge in [-0.15, -0.1) is 0 Å². The maximum Gasteiger partial charge on any atom is 0.251 e. The van der Waals surface area contributed by atoms with Gasteiger partial charge in [-0.2, -0.15) is 11.8 Å². The largest absolute Gasteiger partial charge is 0.508 e. The summed E-state index contributed by atoms with van der Waals surface area (Å²) in [5, 5.41) is 12.0. The molecule has 0 aliphatic rings. The van der Waals surface area contributed by atoms with Crippen LogP contribution in [0.1, 0.15) is 17.3 Å². The Morgan fingerprint density at radius 1 is 1.44 bits per heavy atom. The summed E-state index contributed by atoms with van der Waals surface area (Å²) < 4.78 is 0. The van der Waals surface area contributed by atoms with Crippen molar-refractivity contribution >= 4 is 17.7 Å². The number of amides is 1. The van der Waals surface area contributed by atoms with Crippen molar-refractivity contribution in [2.75, 3.05) is 18.6 Å². The molecule has 0 bridgehead atoms. The second-order valence-electron chi connectivity index (χ2n) is 3.82. The van der Waals surface area contributed by atoms with Crippen LogP contribution in [0.3, 0.4) is 0 Å². The van der Waals surface area contributed by atoms with E-state index in [1.807, 2.05) is 0 Å². The Labute approximate surface area is 100 Å². The molecule has 1 aromatic carbocycles. The summed E-state index contributed by atoms with van der Waals surface area (Å²) >= 11 is 1.77. The first kappa shape index (κ1) is 12.9. The Balaban J connectivity index is 2.43. The van der Waals surface area contributed by atoms with Crippen LogP contribution >= 0.6 is 11.8 Å². The zero-order valence-corrected chi connectivity index (χ0v) is 10.4. The van der Waals surface area contributed by atoms with Gasteiger partial charge in [-0.3, -0.25) is 4.79 Å². The van der Waals surface area contributed by atoms with E-state index in [4.69, 9.17) is 5.11 Å². The molecule has 0 saturated carbocycles. The lowest BCUT2D eigenvalue weighted by Gasteiger charge is -2.11. The highest BCUT2D eigenvalue weighted by Gasteiger charge is 2.07. The van der Waals surface area contributed by atoms with E-state index in [1.54, 1.807) is 23.9 Å². The summed E-state index contributed by atoms with van der Waals surface area (Å²) in [5.41, 5.74) is 0.578. The van der Waals surface area contributed by atoms with Crippen molar-refractivity contribution in [3.63, 3.8) is 0 Å². The Morgan fingerprint density at radius 3 is 2.62 bits per heavy atom. The summed E-state index contributed by atoms with van der Waals surface area (Å²) in [6.07, 6.45) is 2.05. The molecule has 1 rings (SSSR count). The number of hydrogen-bond acceptors (Lipinski definition) is 3. The van der Waals surface area contributed by atoms with Gasteiger partial charge in [0.05, 0.1) is 0 Å². The highest BCUT2D eigenvalue weighted by atomic mass is 32.2. The molecule has 0 saturated heterocycles. The SMILES string of the molecule is CSCC(C)CNC(=O)c1ccc(O)cc1. The lowest BCUT2D eigenvalue weighted by atomic mass is 10.2. The summed E-state index contributed by atoms with van der Waals surface area (Å²) in [4.78, 5) is 11.7. The fraction of sp³-hybridized carbons (Fsp3) is 0.417. The highest BCUT2D eigenvalue weighted by Crippen LogP contribution is 2.09. The van der Waals surface area contributed by atoms with Crippen LogP contribution in [0, 0.1) is 5.92 Å². The topological polar surface area (TPSA) is 49.3 Å². The third-order valence-corrected chi connectivity index (χ3v) is 3.09. The molecular formula is C12H17NO2S. The molecule has 1 amide bonds. The van der Waals surface area contributed by atoms with E-state index in [1.165, 1.54) is 12.1 Å². The van der Waals surface area contributed by atoms with Crippen molar-refractivity contribution in [1.82, 2.24) is 5.32 Å². The van der Waals surface area contributed by atoms with Gasteiger partial charge in [0, 0.05) is 12.1 Å². The van der Waals surface area contributed by atoms with Gasteiger partial charge >= 0.3 is 0 Å². The molecule has 2 N–H and O–H groups in total. The Hall–Kier alpha value is -1.16. The number of nitrogens with one attached hydrogen (secondary N) is 1. The van der Waals surface area contributed by atoms with Gasteiger partial charge in [0.25, 0.3) is 5.91 Å². The van der Waals surface area contributed by atoms with E-state index < -0.39 is 0 Å². The normalized spacial score (nSPS) is 12.1. The van der Waals surface area contributed by atoms with Crippen molar-refractivity contribution in [1.29, 1.82) is 0 Å². The lowest BCUT2D eigenvalue weighted by Crippen LogP contribution is -2.29. The average molecular weight is 239 g/mol. The Morgan fingerprint density at radius 2 is 2.06 bits per heavy atom. The number of benzene rings is 1. The molecule has 16 heavy (non-hydrogen) atoms. The van der Waals surface area contributed by atoms with Gasteiger partial charge in [0.15, 0.2) is 0 Å². The second kappa shape index (κ2) is 6.43. The summed E-state index contributed by atoms with van der Waals surface area (Å²) in [6.45, 7) is 2.79. The van der Waals surface area contributed by atoms with Gasteiger partial charge < -0.3 is 10.4 Å².